The van der Waals surface area contributed by atoms with Crippen LogP contribution in [0.25, 0.3) is 0 Å². The Hall–Kier alpha value is -0.570. The van der Waals surface area contributed by atoms with Crippen LogP contribution in [-0.4, -0.2) is 18.5 Å². The van der Waals surface area contributed by atoms with Crippen LogP contribution in [-0.2, 0) is 4.79 Å². The van der Waals surface area contributed by atoms with Gasteiger partial charge in [0, 0.05) is 12.5 Å². The van der Waals surface area contributed by atoms with Gasteiger partial charge in [0.2, 0.25) is 5.91 Å². The molecule has 2 unspecified atom stereocenters. The summed E-state index contributed by atoms with van der Waals surface area (Å²) in [5, 5.41) is 3.04. The van der Waals surface area contributed by atoms with Crippen molar-refractivity contribution < 1.29 is 4.79 Å². The van der Waals surface area contributed by atoms with Crippen molar-refractivity contribution in [2.45, 2.75) is 46.1 Å². The van der Waals surface area contributed by atoms with Crippen LogP contribution in [0, 0.1) is 11.3 Å². The van der Waals surface area contributed by atoms with Gasteiger partial charge in [0.15, 0.2) is 0 Å². The Morgan fingerprint density at radius 2 is 2.21 bits per heavy atom. The highest BCUT2D eigenvalue weighted by atomic mass is 16.1. The maximum Gasteiger partial charge on any atom is 0.220 e. The van der Waals surface area contributed by atoms with Crippen LogP contribution in [0.3, 0.4) is 0 Å². The molecular formula is C11H22N2O. The van der Waals surface area contributed by atoms with Gasteiger partial charge in [-0.15, -0.1) is 0 Å². The zero-order valence-electron chi connectivity index (χ0n) is 9.47. The minimum Gasteiger partial charge on any atom is -0.353 e. The van der Waals surface area contributed by atoms with E-state index in [9.17, 15) is 4.79 Å². The first-order valence-electron chi connectivity index (χ1n) is 5.45. The molecule has 0 aromatic rings. The maximum atomic E-state index is 11.4. The number of hydrogen-bond donors (Lipinski definition) is 2. The lowest BCUT2D eigenvalue weighted by molar-refractivity contribution is -0.121. The minimum absolute atomic E-state index is 0.181. The number of nitrogens with two attached hydrogens (primary N) is 1. The monoisotopic (exact) mass is 198 g/mol. The van der Waals surface area contributed by atoms with Crippen molar-refractivity contribution in [3.05, 3.63) is 0 Å². The molecule has 1 aliphatic carbocycles. The summed E-state index contributed by atoms with van der Waals surface area (Å²) in [4.78, 5) is 11.4. The predicted octanol–water partition coefficient (Wildman–Crippen LogP) is 1.28. The molecule has 1 fully saturated rings. The second kappa shape index (κ2) is 4.30. The van der Waals surface area contributed by atoms with Gasteiger partial charge >= 0.3 is 0 Å². The Labute approximate surface area is 86.4 Å². The van der Waals surface area contributed by atoms with Gasteiger partial charge in [0.1, 0.15) is 0 Å². The highest BCUT2D eigenvalue weighted by Crippen LogP contribution is 2.44. The fraction of sp³-hybridized carbons (Fsp3) is 0.909. The summed E-state index contributed by atoms with van der Waals surface area (Å²) in [6, 6.07) is 0.406. The molecule has 3 nitrogen and oxygen atoms in total. The molecule has 14 heavy (non-hydrogen) atoms. The quantitative estimate of drug-likeness (QED) is 0.699. The molecule has 1 saturated carbocycles. The van der Waals surface area contributed by atoms with Crippen LogP contribution in [0.5, 0.6) is 0 Å². The molecule has 0 bridgehead atoms. The van der Waals surface area contributed by atoms with Crippen molar-refractivity contribution in [3.63, 3.8) is 0 Å². The summed E-state index contributed by atoms with van der Waals surface area (Å²) in [5.74, 6) is 0.633. The van der Waals surface area contributed by atoms with E-state index < -0.39 is 0 Å². The predicted molar refractivity (Wildman–Crippen MR) is 57.8 cm³/mol. The zero-order valence-corrected chi connectivity index (χ0v) is 9.47. The fourth-order valence-corrected chi connectivity index (χ4v) is 1.48. The number of carbonyl (C=O) groups excluding carboxylic acids is 1. The van der Waals surface area contributed by atoms with E-state index in [1.807, 2.05) is 0 Å². The van der Waals surface area contributed by atoms with Crippen molar-refractivity contribution >= 4 is 5.91 Å². The molecule has 0 spiro atoms. The van der Waals surface area contributed by atoms with E-state index in [1.54, 1.807) is 0 Å². The molecule has 2 atom stereocenters. The molecule has 1 aliphatic rings. The van der Waals surface area contributed by atoms with Gasteiger partial charge < -0.3 is 11.1 Å². The first kappa shape index (κ1) is 11.5. The van der Waals surface area contributed by atoms with Gasteiger partial charge in [-0.3, -0.25) is 4.79 Å². The second-order valence-electron chi connectivity index (χ2n) is 5.19. The molecule has 3 heteroatoms. The zero-order chi connectivity index (χ0) is 10.8. The average Bonchev–Trinajstić information content (AvgIpc) is 2.69. The number of hydrogen-bond acceptors (Lipinski definition) is 2. The fourth-order valence-electron chi connectivity index (χ4n) is 1.48. The summed E-state index contributed by atoms with van der Waals surface area (Å²) in [6.07, 6.45) is 2.63. The minimum atomic E-state index is 0.181. The maximum absolute atomic E-state index is 11.4. The Morgan fingerprint density at radius 3 is 2.64 bits per heavy atom. The molecular weight excluding hydrogens is 176 g/mol. The van der Waals surface area contributed by atoms with Gasteiger partial charge in [-0.25, -0.2) is 0 Å². The van der Waals surface area contributed by atoms with Crippen LogP contribution >= 0.6 is 0 Å². The van der Waals surface area contributed by atoms with Gasteiger partial charge in [-0.05, 0) is 30.7 Å². The van der Waals surface area contributed by atoms with Crippen molar-refractivity contribution in [1.82, 2.24) is 5.32 Å². The molecule has 0 heterocycles. The SMILES string of the molecule is CC(CN)CCC(=O)NC1CC1(C)C. The van der Waals surface area contributed by atoms with Crippen LogP contribution in [0.2, 0.25) is 0 Å². The Balaban J connectivity index is 2.12. The van der Waals surface area contributed by atoms with Crippen LogP contribution in [0.4, 0.5) is 0 Å². The number of carbonyl (C=O) groups is 1. The van der Waals surface area contributed by atoms with Crippen molar-refractivity contribution in [3.8, 4) is 0 Å². The largest absolute Gasteiger partial charge is 0.353 e. The van der Waals surface area contributed by atoms with Crippen LogP contribution in [0.1, 0.15) is 40.0 Å². The van der Waals surface area contributed by atoms with Crippen molar-refractivity contribution in [1.29, 1.82) is 0 Å². The number of nitrogens with one attached hydrogen (secondary N) is 1. The summed E-state index contributed by atoms with van der Waals surface area (Å²) < 4.78 is 0. The summed E-state index contributed by atoms with van der Waals surface area (Å²) >= 11 is 0. The molecule has 0 saturated heterocycles. The van der Waals surface area contributed by atoms with Crippen molar-refractivity contribution in [2.75, 3.05) is 6.54 Å². The molecule has 3 N–H and O–H groups in total. The lowest BCUT2D eigenvalue weighted by Gasteiger charge is -2.09. The topological polar surface area (TPSA) is 55.1 Å². The normalized spacial score (nSPS) is 25.6. The van der Waals surface area contributed by atoms with Crippen LogP contribution in [0.15, 0.2) is 0 Å². The summed E-state index contributed by atoms with van der Waals surface area (Å²) in [6.45, 7) is 7.11. The van der Waals surface area contributed by atoms with E-state index in [1.165, 1.54) is 0 Å². The van der Waals surface area contributed by atoms with Gasteiger partial charge in [0.25, 0.3) is 0 Å². The molecule has 1 amide bonds. The standard InChI is InChI=1S/C11H22N2O/c1-8(7-12)4-5-10(14)13-9-6-11(9,2)3/h8-9H,4-7,12H2,1-3H3,(H,13,14). The van der Waals surface area contributed by atoms with Crippen LogP contribution < -0.4 is 11.1 Å². The van der Waals surface area contributed by atoms with E-state index in [0.29, 0.717) is 30.3 Å². The third-order valence-corrected chi connectivity index (χ3v) is 3.12. The van der Waals surface area contributed by atoms with E-state index >= 15 is 0 Å². The van der Waals surface area contributed by atoms with E-state index in [4.69, 9.17) is 5.73 Å². The summed E-state index contributed by atoms with van der Waals surface area (Å²) in [7, 11) is 0. The Morgan fingerprint density at radius 1 is 1.64 bits per heavy atom. The highest BCUT2D eigenvalue weighted by Gasteiger charge is 2.46. The lowest BCUT2D eigenvalue weighted by Crippen LogP contribution is -2.28. The molecule has 0 radical (unpaired) electrons. The van der Waals surface area contributed by atoms with E-state index in [0.717, 1.165) is 12.8 Å². The first-order valence-corrected chi connectivity index (χ1v) is 5.45. The van der Waals surface area contributed by atoms with Crippen molar-refractivity contribution in [2.24, 2.45) is 17.1 Å². The lowest BCUT2D eigenvalue weighted by atomic mass is 10.1. The Bertz CT molecular complexity index is 213. The van der Waals surface area contributed by atoms with E-state index in [2.05, 4.69) is 26.1 Å². The average molecular weight is 198 g/mol. The molecule has 1 rings (SSSR count). The number of amides is 1. The van der Waals surface area contributed by atoms with Gasteiger partial charge in [-0.1, -0.05) is 20.8 Å². The molecule has 0 aromatic heterocycles. The first-order chi connectivity index (χ1) is 6.45. The van der Waals surface area contributed by atoms with Gasteiger partial charge in [0.05, 0.1) is 0 Å². The third kappa shape index (κ3) is 3.29. The smallest absolute Gasteiger partial charge is 0.220 e. The molecule has 0 aromatic carbocycles. The number of rotatable bonds is 5. The van der Waals surface area contributed by atoms with E-state index in [-0.39, 0.29) is 5.91 Å². The highest BCUT2D eigenvalue weighted by molar-refractivity contribution is 5.76. The van der Waals surface area contributed by atoms with Gasteiger partial charge in [-0.2, -0.15) is 0 Å². The Kier molecular flexibility index (Phi) is 3.53. The summed E-state index contributed by atoms with van der Waals surface area (Å²) in [5.41, 5.74) is 5.81. The molecule has 82 valence electrons. The second-order valence-corrected chi connectivity index (χ2v) is 5.19. The molecule has 0 aliphatic heterocycles. The third-order valence-electron chi connectivity index (χ3n) is 3.12.